The minimum absolute atomic E-state index is 0.0129. The highest BCUT2D eigenvalue weighted by atomic mass is 16.3. The van der Waals surface area contributed by atoms with Crippen LogP contribution in [0.15, 0.2) is 36.7 Å². The van der Waals surface area contributed by atoms with E-state index in [1.165, 1.54) is 12.8 Å². The number of benzene rings is 1. The maximum atomic E-state index is 12.8. The van der Waals surface area contributed by atoms with Gasteiger partial charge in [-0.2, -0.15) is 5.10 Å². The van der Waals surface area contributed by atoms with Crippen LogP contribution in [0, 0.1) is 0 Å². The fourth-order valence-corrected chi connectivity index (χ4v) is 3.79. The van der Waals surface area contributed by atoms with Crippen molar-refractivity contribution < 1.29 is 9.90 Å². The van der Waals surface area contributed by atoms with E-state index in [0.717, 1.165) is 24.2 Å². The van der Waals surface area contributed by atoms with Crippen LogP contribution in [-0.4, -0.2) is 69.3 Å². The summed E-state index contributed by atoms with van der Waals surface area (Å²) in [6.07, 6.45) is 5.47. The first kappa shape index (κ1) is 15.4. The first-order chi connectivity index (χ1) is 11.7. The number of nitrogens with zero attached hydrogens (tertiary/aromatic N) is 3. The van der Waals surface area contributed by atoms with Gasteiger partial charge in [-0.25, -0.2) is 0 Å². The number of β-amino-alcohol motifs (C(OH)–C–C–N with tert-alkyl or cyclic N) is 1. The lowest BCUT2D eigenvalue weighted by molar-refractivity contribution is 0.0763. The number of H-pyrrole nitrogens is 1. The largest absolute Gasteiger partial charge is 0.390 e. The van der Waals surface area contributed by atoms with Crippen LogP contribution in [0.3, 0.4) is 0 Å². The van der Waals surface area contributed by atoms with Crippen molar-refractivity contribution in [3.8, 4) is 11.1 Å². The van der Waals surface area contributed by atoms with E-state index >= 15 is 0 Å². The molecule has 3 heterocycles. The van der Waals surface area contributed by atoms with Crippen LogP contribution in [-0.2, 0) is 0 Å². The highest BCUT2D eigenvalue weighted by Gasteiger charge is 2.38. The summed E-state index contributed by atoms with van der Waals surface area (Å²) in [4.78, 5) is 16.9. The Morgan fingerprint density at radius 1 is 1.21 bits per heavy atom. The van der Waals surface area contributed by atoms with Crippen molar-refractivity contribution in [3.63, 3.8) is 0 Å². The molecular weight excluding hydrogens is 304 g/mol. The average Bonchev–Trinajstić information content (AvgIpc) is 3.35. The molecule has 2 saturated heterocycles. The molecule has 6 heteroatoms. The molecule has 0 aliphatic carbocycles. The van der Waals surface area contributed by atoms with E-state index in [1.807, 2.05) is 30.5 Å². The van der Waals surface area contributed by atoms with Gasteiger partial charge in [-0.05, 0) is 43.6 Å². The number of aromatic amines is 1. The highest BCUT2D eigenvalue weighted by Crippen LogP contribution is 2.24. The molecule has 1 aromatic carbocycles. The van der Waals surface area contributed by atoms with Crippen LogP contribution in [0.2, 0.25) is 0 Å². The van der Waals surface area contributed by atoms with E-state index in [4.69, 9.17) is 0 Å². The minimum atomic E-state index is -0.455. The van der Waals surface area contributed by atoms with Crippen LogP contribution >= 0.6 is 0 Å². The van der Waals surface area contributed by atoms with Gasteiger partial charge in [-0.3, -0.25) is 14.8 Å². The number of nitrogens with one attached hydrogen (secondary N) is 1. The Bertz CT molecular complexity index is 710. The number of hydrogen-bond donors (Lipinski definition) is 2. The topological polar surface area (TPSA) is 72.5 Å². The molecule has 2 fully saturated rings. The average molecular weight is 326 g/mol. The summed E-state index contributed by atoms with van der Waals surface area (Å²) in [6.45, 7) is 3.07. The second kappa shape index (κ2) is 6.37. The van der Waals surface area contributed by atoms with E-state index in [0.29, 0.717) is 18.7 Å². The Labute approximate surface area is 141 Å². The minimum Gasteiger partial charge on any atom is -0.390 e. The van der Waals surface area contributed by atoms with Crippen molar-refractivity contribution in [3.05, 3.63) is 42.2 Å². The number of carbonyl (C=O) groups is 1. The second-order valence-electron chi connectivity index (χ2n) is 6.66. The van der Waals surface area contributed by atoms with E-state index in [-0.39, 0.29) is 11.9 Å². The van der Waals surface area contributed by atoms with Gasteiger partial charge in [0.1, 0.15) is 0 Å². The predicted octanol–water partition coefficient (Wildman–Crippen LogP) is 1.36. The quantitative estimate of drug-likeness (QED) is 0.893. The van der Waals surface area contributed by atoms with Gasteiger partial charge >= 0.3 is 0 Å². The van der Waals surface area contributed by atoms with Gasteiger partial charge in [-0.15, -0.1) is 0 Å². The molecule has 1 aromatic heterocycles. The molecule has 2 aliphatic rings. The van der Waals surface area contributed by atoms with Gasteiger partial charge in [0.2, 0.25) is 0 Å². The SMILES string of the molecule is O=C(c1cccc(-c2cn[nH]c2)c1)N1C[C@H](O)[C@@H](N2CCCC2)C1. The lowest BCUT2D eigenvalue weighted by atomic mass is 10.1. The molecule has 6 nitrogen and oxygen atoms in total. The number of likely N-dealkylation sites (tertiary alicyclic amines) is 2. The Morgan fingerprint density at radius 2 is 2.04 bits per heavy atom. The summed E-state index contributed by atoms with van der Waals surface area (Å²) < 4.78 is 0. The lowest BCUT2D eigenvalue weighted by Gasteiger charge is -2.25. The molecule has 0 radical (unpaired) electrons. The summed E-state index contributed by atoms with van der Waals surface area (Å²) >= 11 is 0. The number of carbonyl (C=O) groups excluding carboxylic acids is 1. The standard InChI is InChI=1S/C18H22N4O2/c23-17-12-22(11-16(17)21-6-1-2-7-21)18(24)14-5-3-4-13(8-14)15-9-19-20-10-15/h3-5,8-10,16-17,23H,1-2,6-7,11-12H2,(H,19,20)/t16-,17-/m0/s1. The highest BCUT2D eigenvalue weighted by molar-refractivity contribution is 5.95. The fourth-order valence-electron chi connectivity index (χ4n) is 3.79. The lowest BCUT2D eigenvalue weighted by Crippen LogP contribution is -2.41. The smallest absolute Gasteiger partial charge is 0.254 e. The third kappa shape index (κ3) is 2.83. The van der Waals surface area contributed by atoms with Crippen molar-refractivity contribution in [1.29, 1.82) is 0 Å². The van der Waals surface area contributed by atoms with Crippen molar-refractivity contribution in [1.82, 2.24) is 20.0 Å². The summed E-state index contributed by atoms with van der Waals surface area (Å²) in [5, 5.41) is 17.1. The maximum Gasteiger partial charge on any atom is 0.254 e. The summed E-state index contributed by atoms with van der Waals surface area (Å²) in [6, 6.07) is 7.66. The Balaban J connectivity index is 1.51. The molecule has 4 rings (SSSR count). The third-order valence-electron chi connectivity index (χ3n) is 5.10. The van der Waals surface area contributed by atoms with Gasteiger partial charge in [0.05, 0.1) is 18.3 Å². The van der Waals surface area contributed by atoms with Crippen LogP contribution < -0.4 is 0 Å². The van der Waals surface area contributed by atoms with E-state index in [2.05, 4.69) is 15.1 Å². The zero-order valence-electron chi connectivity index (χ0n) is 13.6. The van der Waals surface area contributed by atoms with Crippen molar-refractivity contribution in [2.75, 3.05) is 26.2 Å². The number of aromatic nitrogens is 2. The van der Waals surface area contributed by atoms with Crippen LogP contribution in [0.5, 0.6) is 0 Å². The number of aliphatic hydroxyl groups excluding tert-OH is 1. The number of aliphatic hydroxyl groups is 1. The Morgan fingerprint density at radius 3 is 2.79 bits per heavy atom. The zero-order chi connectivity index (χ0) is 16.5. The van der Waals surface area contributed by atoms with Crippen molar-refractivity contribution in [2.24, 2.45) is 0 Å². The molecule has 0 unspecified atom stereocenters. The monoisotopic (exact) mass is 326 g/mol. The van der Waals surface area contributed by atoms with Crippen LogP contribution in [0.25, 0.3) is 11.1 Å². The normalized spacial score (nSPS) is 24.6. The zero-order valence-corrected chi connectivity index (χ0v) is 13.6. The molecule has 2 atom stereocenters. The van der Waals surface area contributed by atoms with Crippen LogP contribution in [0.4, 0.5) is 0 Å². The van der Waals surface area contributed by atoms with Gasteiger partial charge in [0.15, 0.2) is 0 Å². The number of rotatable bonds is 3. The first-order valence-electron chi connectivity index (χ1n) is 8.53. The third-order valence-corrected chi connectivity index (χ3v) is 5.10. The molecule has 24 heavy (non-hydrogen) atoms. The van der Waals surface area contributed by atoms with Gasteiger partial charge < -0.3 is 10.0 Å². The number of amides is 1. The molecule has 0 spiro atoms. The van der Waals surface area contributed by atoms with Gasteiger partial charge in [-0.1, -0.05) is 12.1 Å². The Hall–Kier alpha value is -2.18. The molecule has 2 N–H and O–H groups in total. The van der Waals surface area contributed by atoms with E-state index in [1.54, 1.807) is 11.1 Å². The van der Waals surface area contributed by atoms with Gasteiger partial charge in [0.25, 0.3) is 5.91 Å². The second-order valence-corrected chi connectivity index (χ2v) is 6.66. The Kier molecular flexibility index (Phi) is 4.08. The molecule has 0 saturated carbocycles. The molecule has 2 aliphatic heterocycles. The molecule has 2 aromatic rings. The maximum absolute atomic E-state index is 12.8. The van der Waals surface area contributed by atoms with Crippen molar-refractivity contribution in [2.45, 2.75) is 25.0 Å². The van der Waals surface area contributed by atoms with Crippen molar-refractivity contribution >= 4 is 5.91 Å². The molecule has 0 bridgehead atoms. The molecule has 126 valence electrons. The molecule has 1 amide bonds. The summed E-state index contributed by atoms with van der Waals surface area (Å²) in [7, 11) is 0. The predicted molar refractivity (Wildman–Crippen MR) is 90.5 cm³/mol. The van der Waals surface area contributed by atoms with E-state index < -0.39 is 6.10 Å². The molecular formula is C18H22N4O2. The summed E-state index contributed by atoms with van der Waals surface area (Å²) in [5.74, 6) is -0.0129. The van der Waals surface area contributed by atoms with E-state index in [9.17, 15) is 9.90 Å². The first-order valence-corrected chi connectivity index (χ1v) is 8.53. The summed E-state index contributed by atoms with van der Waals surface area (Å²) in [5.41, 5.74) is 2.58. The van der Waals surface area contributed by atoms with Crippen LogP contribution in [0.1, 0.15) is 23.2 Å². The fraction of sp³-hybridized carbons (Fsp3) is 0.444. The number of hydrogen-bond acceptors (Lipinski definition) is 4. The van der Waals surface area contributed by atoms with Gasteiger partial charge in [0, 0.05) is 30.4 Å².